The van der Waals surface area contributed by atoms with Crippen molar-refractivity contribution in [3.8, 4) is 11.5 Å². The summed E-state index contributed by atoms with van der Waals surface area (Å²) >= 11 is 0. The summed E-state index contributed by atoms with van der Waals surface area (Å²) in [5.74, 6) is 1.33. The number of aromatic amines is 1. The third kappa shape index (κ3) is 4.00. The monoisotopic (exact) mass is 357 g/mol. The number of para-hydroxylation sites is 2. The van der Waals surface area contributed by atoms with Crippen LogP contribution in [0, 0.1) is 5.41 Å². The minimum Gasteiger partial charge on any atom is -0.493 e. The van der Waals surface area contributed by atoms with Crippen molar-refractivity contribution >= 4 is 5.91 Å². The van der Waals surface area contributed by atoms with Crippen LogP contribution in [-0.2, 0) is 6.61 Å². The Kier molecular flexibility index (Phi) is 5.49. The molecule has 1 aliphatic rings. The molecule has 6 nitrogen and oxygen atoms in total. The Bertz CT molecular complexity index is 758. The Hall–Kier alpha value is -2.50. The van der Waals surface area contributed by atoms with Gasteiger partial charge in [0.1, 0.15) is 6.61 Å². The van der Waals surface area contributed by atoms with Gasteiger partial charge in [-0.3, -0.25) is 9.89 Å². The number of carbonyl (C=O) groups is 1. The van der Waals surface area contributed by atoms with Crippen molar-refractivity contribution in [2.45, 2.75) is 39.7 Å². The van der Waals surface area contributed by atoms with Gasteiger partial charge in [0, 0.05) is 13.1 Å². The van der Waals surface area contributed by atoms with Gasteiger partial charge in [0.2, 0.25) is 0 Å². The quantitative estimate of drug-likeness (QED) is 0.857. The summed E-state index contributed by atoms with van der Waals surface area (Å²) in [6.07, 6.45) is 3.30. The second-order valence-electron chi connectivity index (χ2n) is 7.21. The molecule has 1 unspecified atom stereocenters. The standard InChI is InChI=1S/C20H27N3O3/c1-4-20(2)10-7-11-23(14-20)19(24)16-12-15(21-22-16)13-26-18-9-6-5-8-17(18)25-3/h5-6,8-9,12H,4,7,10-11,13-14H2,1-3H3,(H,21,22). The predicted octanol–water partition coefficient (Wildman–Crippen LogP) is 3.65. The van der Waals surface area contributed by atoms with Crippen molar-refractivity contribution in [3.63, 3.8) is 0 Å². The molecule has 1 saturated heterocycles. The van der Waals surface area contributed by atoms with Gasteiger partial charge in [0.05, 0.1) is 12.8 Å². The van der Waals surface area contributed by atoms with Crippen LogP contribution in [0.25, 0.3) is 0 Å². The highest BCUT2D eigenvalue weighted by Crippen LogP contribution is 2.33. The van der Waals surface area contributed by atoms with Gasteiger partial charge in [-0.2, -0.15) is 5.10 Å². The van der Waals surface area contributed by atoms with Gasteiger partial charge in [-0.25, -0.2) is 0 Å². The van der Waals surface area contributed by atoms with E-state index < -0.39 is 0 Å². The minimum absolute atomic E-state index is 0.0100. The number of hydrogen-bond donors (Lipinski definition) is 1. The normalized spacial score (nSPS) is 20.0. The minimum atomic E-state index is -0.0100. The topological polar surface area (TPSA) is 67.5 Å². The molecule has 0 spiro atoms. The van der Waals surface area contributed by atoms with E-state index in [0.29, 0.717) is 23.8 Å². The summed E-state index contributed by atoms with van der Waals surface area (Å²) in [5.41, 5.74) is 1.42. The van der Waals surface area contributed by atoms with Crippen molar-refractivity contribution in [1.82, 2.24) is 15.1 Å². The summed E-state index contributed by atoms with van der Waals surface area (Å²) < 4.78 is 11.1. The molecule has 2 heterocycles. The molecule has 2 aromatic rings. The zero-order chi connectivity index (χ0) is 18.6. The largest absolute Gasteiger partial charge is 0.493 e. The zero-order valence-corrected chi connectivity index (χ0v) is 15.7. The molecule has 140 valence electrons. The number of nitrogens with zero attached hydrogens (tertiary/aromatic N) is 2. The lowest BCUT2D eigenvalue weighted by Crippen LogP contribution is -2.44. The number of hydrogen-bond acceptors (Lipinski definition) is 4. The fourth-order valence-corrected chi connectivity index (χ4v) is 3.38. The zero-order valence-electron chi connectivity index (χ0n) is 15.7. The fourth-order valence-electron chi connectivity index (χ4n) is 3.38. The van der Waals surface area contributed by atoms with Crippen LogP contribution in [0.2, 0.25) is 0 Å². The number of benzene rings is 1. The first kappa shape index (κ1) is 18.3. The van der Waals surface area contributed by atoms with Gasteiger partial charge in [0.25, 0.3) is 5.91 Å². The maximum absolute atomic E-state index is 12.8. The Morgan fingerprint density at radius 2 is 2.12 bits per heavy atom. The number of likely N-dealkylation sites (tertiary alicyclic amines) is 1. The molecule has 0 radical (unpaired) electrons. The molecule has 1 aromatic heterocycles. The Balaban J connectivity index is 1.63. The van der Waals surface area contributed by atoms with Gasteiger partial charge >= 0.3 is 0 Å². The number of methoxy groups -OCH3 is 1. The van der Waals surface area contributed by atoms with Gasteiger partial charge < -0.3 is 14.4 Å². The van der Waals surface area contributed by atoms with E-state index in [1.807, 2.05) is 29.2 Å². The first-order chi connectivity index (χ1) is 12.5. The third-order valence-electron chi connectivity index (χ3n) is 5.22. The van der Waals surface area contributed by atoms with Gasteiger partial charge in [0.15, 0.2) is 17.2 Å². The molecule has 1 N–H and O–H groups in total. The lowest BCUT2D eigenvalue weighted by Gasteiger charge is -2.39. The van der Waals surface area contributed by atoms with Crippen LogP contribution >= 0.6 is 0 Å². The van der Waals surface area contributed by atoms with Gasteiger partial charge in [-0.1, -0.05) is 26.0 Å². The molecule has 1 atom stereocenters. The van der Waals surface area contributed by atoms with E-state index >= 15 is 0 Å². The van der Waals surface area contributed by atoms with Gasteiger partial charge in [-0.15, -0.1) is 0 Å². The van der Waals surface area contributed by atoms with E-state index in [2.05, 4.69) is 24.0 Å². The van der Waals surface area contributed by atoms with Crippen LogP contribution in [-0.4, -0.2) is 41.2 Å². The van der Waals surface area contributed by atoms with Crippen LogP contribution < -0.4 is 9.47 Å². The molecule has 0 saturated carbocycles. The fraction of sp³-hybridized carbons (Fsp3) is 0.500. The highest BCUT2D eigenvalue weighted by atomic mass is 16.5. The van der Waals surface area contributed by atoms with Crippen LogP contribution in [0.1, 0.15) is 49.3 Å². The molecule has 1 amide bonds. The highest BCUT2D eigenvalue weighted by Gasteiger charge is 2.32. The summed E-state index contributed by atoms with van der Waals surface area (Å²) in [6.45, 7) is 6.34. The maximum Gasteiger partial charge on any atom is 0.274 e. The number of piperidine rings is 1. The van der Waals surface area contributed by atoms with E-state index in [1.54, 1.807) is 13.2 Å². The van der Waals surface area contributed by atoms with Crippen molar-refractivity contribution in [2.75, 3.05) is 20.2 Å². The summed E-state index contributed by atoms with van der Waals surface area (Å²) in [6, 6.07) is 9.25. The number of H-pyrrole nitrogens is 1. The molecule has 1 fully saturated rings. The average molecular weight is 357 g/mol. The van der Waals surface area contributed by atoms with E-state index in [-0.39, 0.29) is 11.3 Å². The van der Waals surface area contributed by atoms with E-state index in [4.69, 9.17) is 9.47 Å². The van der Waals surface area contributed by atoms with Crippen molar-refractivity contribution in [3.05, 3.63) is 41.7 Å². The number of nitrogens with one attached hydrogen (secondary N) is 1. The Labute approximate surface area is 154 Å². The molecular formula is C20H27N3O3. The summed E-state index contributed by atoms with van der Waals surface area (Å²) in [5, 5.41) is 7.10. The number of aromatic nitrogens is 2. The van der Waals surface area contributed by atoms with E-state index in [0.717, 1.165) is 31.6 Å². The van der Waals surface area contributed by atoms with Crippen molar-refractivity contribution in [1.29, 1.82) is 0 Å². The lowest BCUT2D eigenvalue weighted by atomic mass is 9.79. The predicted molar refractivity (Wildman–Crippen MR) is 99.4 cm³/mol. The highest BCUT2D eigenvalue weighted by molar-refractivity contribution is 5.92. The van der Waals surface area contributed by atoms with Crippen molar-refractivity contribution in [2.24, 2.45) is 5.41 Å². The molecule has 1 aliphatic heterocycles. The average Bonchev–Trinajstić information content (AvgIpc) is 3.15. The third-order valence-corrected chi connectivity index (χ3v) is 5.22. The maximum atomic E-state index is 12.8. The lowest BCUT2D eigenvalue weighted by molar-refractivity contribution is 0.0537. The molecule has 0 aliphatic carbocycles. The number of amides is 1. The van der Waals surface area contributed by atoms with Crippen LogP contribution in [0.3, 0.4) is 0 Å². The second-order valence-corrected chi connectivity index (χ2v) is 7.21. The first-order valence-corrected chi connectivity index (χ1v) is 9.14. The summed E-state index contributed by atoms with van der Waals surface area (Å²) in [7, 11) is 1.61. The molecule has 0 bridgehead atoms. The molecule has 6 heteroatoms. The molecule has 3 rings (SSSR count). The van der Waals surface area contributed by atoms with Crippen LogP contribution in [0.4, 0.5) is 0 Å². The number of rotatable bonds is 6. The number of ether oxygens (including phenoxy) is 2. The van der Waals surface area contributed by atoms with E-state index in [9.17, 15) is 4.79 Å². The van der Waals surface area contributed by atoms with Gasteiger partial charge in [-0.05, 0) is 42.9 Å². The van der Waals surface area contributed by atoms with Crippen molar-refractivity contribution < 1.29 is 14.3 Å². The smallest absolute Gasteiger partial charge is 0.274 e. The first-order valence-electron chi connectivity index (χ1n) is 9.14. The Morgan fingerprint density at radius 1 is 1.35 bits per heavy atom. The second kappa shape index (κ2) is 7.81. The van der Waals surface area contributed by atoms with E-state index in [1.165, 1.54) is 6.42 Å². The molecular weight excluding hydrogens is 330 g/mol. The molecule has 1 aromatic carbocycles. The summed E-state index contributed by atoms with van der Waals surface area (Å²) in [4.78, 5) is 14.7. The number of carbonyl (C=O) groups excluding carboxylic acids is 1. The van der Waals surface area contributed by atoms with Crippen LogP contribution in [0.5, 0.6) is 11.5 Å². The van der Waals surface area contributed by atoms with Crippen LogP contribution in [0.15, 0.2) is 30.3 Å². The Morgan fingerprint density at radius 3 is 2.85 bits per heavy atom. The molecule has 26 heavy (non-hydrogen) atoms. The SMILES string of the molecule is CCC1(C)CCCN(C(=O)c2cc(COc3ccccc3OC)[nH]n2)C1.